The van der Waals surface area contributed by atoms with E-state index in [1.807, 2.05) is 0 Å². The van der Waals surface area contributed by atoms with E-state index in [1.165, 1.54) is 17.0 Å². The molecule has 19 heavy (non-hydrogen) atoms. The summed E-state index contributed by atoms with van der Waals surface area (Å²) >= 11 is 6.37. The van der Waals surface area contributed by atoms with Crippen LogP contribution in [0.15, 0.2) is 16.6 Å². The summed E-state index contributed by atoms with van der Waals surface area (Å²) in [5.74, 6) is -1.59. The number of rotatable bonds is 5. The van der Waals surface area contributed by atoms with Gasteiger partial charge in [-0.3, -0.25) is 9.59 Å². The van der Waals surface area contributed by atoms with Gasteiger partial charge in [-0.2, -0.15) is 0 Å². The molecule has 0 bridgehead atoms. The van der Waals surface area contributed by atoms with Crippen LogP contribution in [0.2, 0.25) is 0 Å². The topological polar surface area (TPSA) is 37.4 Å². The minimum absolute atomic E-state index is 0.202. The molecule has 0 radical (unpaired) electrons. The smallest absolute Gasteiger partial charge is 0.299 e. The molecule has 0 fully saturated rings. The highest BCUT2D eigenvalue weighted by Gasteiger charge is 2.36. The van der Waals surface area contributed by atoms with Crippen LogP contribution in [0.5, 0.6) is 0 Å². The van der Waals surface area contributed by atoms with E-state index in [0.29, 0.717) is 12.2 Å². The Bertz CT molecular complexity index is 534. The molecule has 0 aromatic heterocycles. The lowest BCUT2D eigenvalue weighted by Crippen LogP contribution is -2.30. The SMILES string of the molecule is O=C1C(=O)N(CCCCCBr)c2cc(F)c(Br)cc21. The molecule has 0 saturated heterocycles. The maximum Gasteiger partial charge on any atom is 0.299 e. The third kappa shape index (κ3) is 2.89. The Labute approximate surface area is 127 Å². The molecular weight excluding hydrogens is 381 g/mol. The first-order chi connectivity index (χ1) is 9.06. The van der Waals surface area contributed by atoms with Gasteiger partial charge >= 0.3 is 0 Å². The maximum absolute atomic E-state index is 13.5. The predicted molar refractivity (Wildman–Crippen MR) is 78.4 cm³/mol. The van der Waals surface area contributed by atoms with Crippen molar-refractivity contribution in [1.82, 2.24) is 0 Å². The summed E-state index contributed by atoms with van der Waals surface area (Å²) in [4.78, 5) is 25.1. The molecule has 1 aliphatic heterocycles. The van der Waals surface area contributed by atoms with Crippen molar-refractivity contribution >= 4 is 49.2 Å². The van der Waals surface area contributed by atoms with Gasteiger partial charge in [-0.1, -0.05) is 22.4 Å². The third-order valence-corrected chi connectivity index (χ3v) is 4.20. The molecular formula is C13H12Br2FNO2. The first-order valence-corrected chi connectivity index (χ1v) is 7.89. The summed E-state index contributed by atoms with van der Waals surface area (Å²) in [5, 5.41) is 0.915. The van der Waals surface area contributed by atoms with Crippen molar-refractivity contribution in [3.05, 3.63) is 28.0 Å². The van der Waals surface area contributed by atoms with E-state index < -0.39 is 17.5 Å². The molecule has 1 aromatic rings. The van der Waals surface area contributed by atoms with Crippen molar-refractivity contribution in [2.75, 3.05) is 16.8 Å². The van der Waals surface area contributed by atoms with Crippen molar-refractivity contribution in [2.45, 2.75) is 19.3 Å². The van der Waals surface area contributed by atoms with Crippen LogP contribution in [0.3, 0.4) is 0 Å². The number of fused-ring (bicyclic) bond motifs is 1. The molecule has 1 aromatic carbocycles. The zero-order chi connectivity index (χ0) is 14.0. The van der Waals surface area contributed by atoms with Crippen molar-refractivity contribution in [3.63, 3.8) is 0 Å². The van der Waals surface area contributed by atoms with Gasteiger partial charge in [0.15, 0.2) is 0 Å². The van der Waals surface area contributed by atoms with E-state index >= 15 is 0 Å². The summed E-state index contributed by atoms with van der Waals surface area (Å²) in [6, 6.07) is 2.62. The van der Waals surface area contributed by atoms with E-state index in [2.05, 4.69) is 31.9 Å². The molecule has 0 spiro atoms. The van der Waals surface area contributed by atoms with Crippen LogP contribution in [-0.2, 0) is 4.79 Å². The van der Waals surface area contributed by atoms with Crippen LogP contribution < -0.4 is 4.90 Å². The Morgan fingerprint density at radius 2 is 1.89 bits per heavy atom. The Morgan fingerprint density at radius 1 is 1.16 bits per heavy atom. The lowest BCUT2D eigenvalue weighted by molar-refractivity contribution is -0.114. The molecule has 2 rings (SSSR count). The fourth-order valence-electron chi connectivity index (χ4n) is 2.05. The molecule has 0 atom stereocenters. The average molecular weight is 393 g/mol. The highest BCUT2D eigenvalue weighted by atomic mass is 79.9. The standard InChI is InChI=1S/C13H12Br2FNO2/c14-4-2-1-3-5-17-11-7-10(16)9(15)6-8(11)12(18)13(17)19/h6-7H,1-5H2. The molecule has 0 saturated carbocycles. The number of ketones is 1. The quantitative estimate of drug-likeness (QED) is 0.435. The second-order valence-electron chi connectivity index (χ2n) is 4.32. The minimum atomic E-state index is -0.564. The third-order valence-electron chi connectivity index (χ3n) is 3.03. The molecule has 1 aliphatic rings. The second-order valence-corrected chi connectivity index (χ2v) is 5.97. The molecule has 6 heteroatoms. The van der Waals surface area contributed by atoms with E-state index in [9.17, 15) is 14.0 Å². The lowest BCUT2D eigenvalue weighted by Gasteiger charge is -2.16. The van der Waals surface area contributed by atoms with Gasteiger partial charge < -0.3 is 4.90 Å². The number of carbonyl (C=O) groups is 2. The van der Waals surface area contributed by atoms with Crippen molar-refractivity contribution in [2.24, 2.45) is 0 Å². The van der Waals surface area contributed by atoms with E-state index in [-0.39, 0.29) is 10.0 Å². The summed E-state index contributed by atoms with van der Waals surface area (Å²) in [6.07, 6.45) is 2.76. The average Bonchev–Trinajstić information content (AvgIpc) is 2.60. The largest absolute Gasteiger partial charge is 0.305 e. The van der Waals surface area contributed by atoms with E-state index in [0.717, 1.165) is 24.6 Å². The van der Waals surface area contributed by atoms with Crippen molar-refractivity contribution in [3.8, 4) is 0 Å². The zero-order valence-corrected chi connectivity index (χ0v) is 13.3. The number of carbonyl (C=O) groups excluding carboxylic acids is 2. The van der Waals surface area contributed by atoms with Gasteiger partial charge in [0, 0.05) is 11.9 Å². The number of hydrogen-bond donors (Lipinski definition) is 0. The van der Waals surface area contributed by atoms with Crippen molar-refractivity contribution < 1.29 is 14.0 Å². The number of benzene rings is 1. The second kappa shape index (κ2) is 6.13. The van der Waals surface area contributed by atoms with Gasteiger partial charge in [0.05, 0.1) is 15.7 Å². The summed E-state index contributed by atoms with van der Waals surface area (Å²) in [5.41, 5.74) is 0.660. The molecule has 1 heterocycles. The van der Waals surface area contributed by atoms with Crippen LogP contribution in [-0.4, -0.2) is 23.6 Å². The minimum Gasteiger partial charge on any atom is -0.305 e. The highest BCUT2D eigenvalue weighted by Crippen LogP contribution is 2.33. The van der Waals surface area contributed by atoms with E-state index in [1.54, 1.807) is 0 Å². The van der Waals surface area contributed by atoms with Crippen LogP contribution in [0.4, 0.5) is 10.1 Å². The molecule has 3 nitrogen and oxygen atoms in total. The molecule has 0 aliphatic carbocycles. The number of Topliss-reactive ketones (excluding diaryl/α,β-unsaturated/α-hetero) is 1. The Kier molecular flexibility index (Phi) is 4.73. The van der Waals surface area contributed by atoms with Crippen molar-refractivity contribution in [1.29, 1.82) is 0 Å². The van der Waals surface area contributed by atoms with E-state index in [4.69, 9.17) is 0 Å². The maximum atomic E-state index is 13.5. The lowest BCUT2D eigenvalue weighted by atomic mass is 10.1. The molecule has 0 unspecified atom stereocenters. The number of halogens is 3. The number of hydrogen-bond acceptors (Lipinski definition) is 2. The molecule has 1 amide bonds. The fraction of sp³-hybridized carbons (Fsp3) is 0.385. The summed E-state index contributed by atoms with van der Waals surface area (Å²) in [6.45, 7) is 0.450. The number of amides is 1. The molecule has 0 N–H and O–H groups in total. The normalized spacial score (nSPS) is 14.2. The van der Waals surface area contributed by atoms with Gasteiger partial charge in [0.2, 0.25) is 0 Å². The van der Waals surface area contributed by atoms with Crippen LogP contribution in [0.1, 0.15) is 29.6 Å². The Morgan fingerprint density at radius 3 is 2.58 bits per heavy atom. The van der Waals surface area contributed by atoms with Gasteiger partial charge in [-0.15, -0.1) is 0 Å². The first-order valence-electron chi connectivity index (χ1n) is 5.97. The van der Waals surface area contributed by atoms with Crippen LogP contribution >= 0.6 is 31.9 Å². The Balaban J connectivity index is 2.21. The number of alkyl halides is 1. The fourth-order valence-corrected chi connectivity index (χ4v) is 2.79. The predicted octanol–water partition coefficient (Wildman–Crippen LogP) is 3.68. The van der Waals surface area contributed by atoms with Gasteiger partial charge in [-0.25, -0.2) is 4.39 Å². The molecule has 102 valence electrons. The van der Waals surface area contributed by atoms with Gasteiger partial charge in [0.1, 0.15) is 5.82 Å². The number of anilines is 1. The van der Waals surface area contributed by atoms with Gasteiger partial charge in [-0.05, 0) is 40.9 Å². The number of nitrogens with zero attached hydrogens (tertiary/aromatic N) is 1. The highest BCUT2D eigenvalue weighted by molar-refractivity contribution is 9.10. The van der Waals surface area contributed by atoms with Gasteiger partial charge in [0.25, 0.3) is 11.7 Å². The summed E-state index contributed by atoms with van der Waals surface area (Å²) < 4.78 is 13.7. The first kappa shape index (κ1) is 14.7. The zero-order valence-electron chi connectivity index (χ0n) is 10.1. The number of unbranched alkanes of at least 4 members (excludes halogenated alkanes) is 2. The monoisotopic (exact) mass is 391 g/mol. The van der Waals surface area contributed by atoms with Crippen LogP contribution in [0, 0.1) is 5.82 Å². The van der Waals surface area contributed by atoms with Crippen LogP contribution in [0.25, 0.3) is 0 Å². The Hall–Kier alpha value is -0.750. The summed E-state index contributed by atoms with van der Waals surface area (Å²) in [7, 11) is 0.